The van der Waals surface area contributed by atoms with Crippen molar-refractivity contribution in [1.82, 2.24) is 0 Å². The lowest BCUT2D eigenvalue weighted by Gasteiger charge is -2.24. The molecule has 12 heavy (non-hydrogen) atoms. The smallest absolute Gasteiger partial charge is 0.327 e. The Labute approximate surface area is 73.3 Å². The minimum Gasteiger partial charge on any atom is -0.445 e. The van der Waals surface area contributed by atoms with E-state index in [1.54, 1.807) is 27.7 Å². The van der Waals surface area contributed by atoms with Gasteiger partial charge in [0, 0.05) is 0 Å². The molecular formula is C9H15NO2. The zero-order chi connectivity index (χ0) is 9.99. The first-order valence-corrected chi connectivity index (χ1v) is 3.69. The van der Waals surface area contributed by atoms with Gasteiger partial charge < -0.3 is 10.5 Å². The van der Waals surface area contributed by atoms with Crippen LogP contribution in [0.3, 0.4) is 0 Å². The molecular weight excluding hydrogens is 154 g/mol. The van der Waals surface area contributed by atoms with Gasteiger partial charge >= 0.3 is 5.97 Å². The van der Waals surface area contributed by atoms with E-state index < -0.39 is 17.1 Å². The maximum absolute atomic E-state index is 11.2. The van der Waals surface area contributed by atoms with Crippen LogP contribution in [0.2, 0.25) is 0 Å². The van der Waals surface area contributed by atoms with Crippen molar-refractivity contribution in [2.75, 3.05) is 0 Å². The van der Waals surface area contributed by atoms with E-state index in [0.29, 0.717) is 0 Å². The maximum atomic E-state index is 11.2. The number of carbonyl (C=O) groups excluding carboxylic acids is 1. The third-order valence-corrected chi connectivity index (χ3v) is 1.22. The molecule has 0 aromatic rings. The molecule has 0 rings (SSSR count). The summed E-state index contributed by atoms with van der Waals surface area (Å²) in [5, 5.41) is 0. The van der Waals surface area contributed by atoms with E-state index in [2.05, 4.69) is 5.92 Å². The lowest BCUT2D eigenvalue weighted by molar-refractivity contribution is -0.157. The summed E-state index contributed by atoms with van der Waals surface area (Å²) in [4.78, 5) is 11.2. The molecule has 0 bridgehead atoms. The van der Waals surface area contributed by atoms with E-state index in [1.807, 2.05) is 0 Å². The molecule has 0 aliphatic carbocycles. The Morgan fingerprint density at radius 1 is 1.42 bits per heavy atom. The Kier molecular flexibility index (Phi) is 2.89. The molecule has 3 nitrogen and oxygen atoms in total. The van der Waals surface area contributed by atoms with Gasteiger partial charge in [0.15, 0.2) is 5.60 Å². The maximum Gasteiger partial charge on any atom is 0.327 e. The van der Waals surface area contributed by atoms with Crippen molar-refractivity contribution < 1.29 is 9.53 Å². The van der Waals surface area contributed by atoms with Gasteiger partial charge in [0.2, 0.25) is 0 Å². The van der Waals surface area contributed by atoms with Crippen LogP contribution < -0.4 is 5.73 Å². The Bertz CT molecular complexity index is 218. The quantitative estimate of drug-likeness (QED) is 0.488. The van der Waals surface area contributed by atoms with Crippen LogP contribution >= 0.6 is 0 Å². The van der Waals surface area contributed by atoms with Crippen molar-refractivity contribution in [3.05, 3.63) is 0 Å². The van der Waals surface area contributed by atoms with E-state index in [1.165, 1.54) is 0 Å². The molecule has 3 heteroatoms. The summed E-state index contributed by atoms with van der Waals surface area (Å²) < 4.78 is 4.95. The molecule has 2 N–H and O–H groups in total. The molecule has 0 unspecified atom stereocenters. The standard InChI is InChI=1S/C9H15NO2/c1-6-8(2,3)12-7(11)9(4,5)10/h1H,10H2,2-5H3. The zero-order valence-electron chi connectivity index (χ0n) is 7.97. The molecule has 0 saturated heterocycles. The molecule has 0 amide bonds. The van der Waals surface area contributed by atoms with Gasteiger partial charge in [-0.3, -0.25) is 4.79 Å². The molecule has 0 saturated carbocycles. The number of esters is 1. The first-order valence-electron chi connectivity index (χ1n) is 3.69. The van der Waals surface area contributed by atoms with E-state index in [9.17, 15) is 4.79 Å². The molecule has 0 aliphatic rings. The number of hydrogen-bond donors (Lipinski definition) is 1. The summed E-state index contributed by atoms with van der Waals surface area (Å²) in [5.74, 6) is 1.85. The van der Waals surface area contributed by atoms with Crippen molar-refractivity contribution in [2.45, 2.75) is 38.8 Å². The fourth-order valence-corrected chi connectivity index (χ4v) is 0.393. The average molecular weight is 169 g/mol. The highest BCUT2D eigenvalue weighted by Crippen LogP contribution is 2.11. The molecule has 0 radical (unpaired) electrons. The van der Waals surface area contributed by atoms with Gasteiger partial charge in [-0.1, -0.05) is 5.92 Å². The molecule has 0 aromatic heterocycles. The number of nitrogens with two attached hydrogens (primary N) is 1. The minimum absolute atomic E-state index is 0.495. The lowest BCUT2D eigenvalue weighted by atomic mass is 10.1. The normalized spacial score (nSPS) is 12.0. The number of carbonyl (C=O) groups is 1. The number of hydrogen-bond acceptors (Lipinski definition) is 3. The predicted molar refractivity (Wildman–Crippen MR) is 47.3 cm³/mol. The van der Waals surface area contributed by atoms with Crippen LogP contribution in [0.25, 0.3) is 0 Å². The van der Waals surface area contributed by atoms with Gasteiger partial charge in [0.05, 0.1) is 0 Å². The minimum atomic E-state index is -0.992. The van der Waals surface area contributed by atoms with Crippen LogP contribution in [-0.2, 0) is 9.53 Å². The van der Waals surface area contributed by atoms with Crippen LogP contribution in [0, 0.1) is 12.3 Å². The lowest BCUT2D eigenvalue weighted by Crippen LogP contribution is -2.46. The fraction of sp³-hybridized carbons (Fsp3) is 0.667. The third kappa shape index (κ3) is 3.40. The van der Waals surface area contributed by atoms with Gasteiger partial charge in [-0.05, 0) is 27.7 Å². The number of rotatable bonds is 2. The predicted octanol–water partition coefficient (Wildman–Crippen LogP) is 0.679. The Balaban J connectivity index is 4.33. The summed E-state index contributed by atoms with van der Waals surface area (Å²) >= 11 is 0. The topological polar surface area (TPSA) is 52.3 Å². The third-order valence-electron chi connectivity index (χ3n) is 1.22. The summed E-state index contributed by atoms with van der Waals surface area (Å²) in [7, 11) is 0. The van der Waals surface area contributed by atoms with E-state index in [4.69, 9.17) is 16.9 Å². The van der Waals surface area contributed by atoms with Gasteiger partial charge in [0.25, 0.3) is 0 Å². The van der Waals surface area contributed by atoms with Crippen LogP contribution in [0.1, 0.15) is 27.7 Å². The van der Waals surface area contributed by atoms with Crippen molar-refractivity contribution in [2.24, 2.45) is 5.73 Å². The summed E-state index contributed by atoms with van der Waals surface area (Å²) in [5.41, 5.74) is 3.62. The number of terminal acetylenes is 1. The highest BCUT2D eigenvalue weighted by atomic mass is 16.6. The first-order chi connectivity index (χ1) is 5.19. The van der Waals surface area contributed by atoms with Gasteiger partial charge in [-0.15, -0.1) is 6.42 Å². The second-order valence-electron chi connectivity index (χ2n) is 3.77. The van der Waals surface area contributed by atoms with Crippen molar-refractivity contribution >= 4 is 5.97 Å². The molecule has 68 valence electrons. The Morgan fingerprint density at radius 3 is 2.08 bits per heavy atom. The van der Waals surface area contributed by atoms with Gasteiger partial charge in [0.1, 0.15) is 5.54 Å². The van der Waals surface area contributed by atoms with E-state index in [-0.39, 0.29) is 0 Å². The zero-order valence-corrected chi connectivity index (χ0v) is 7.97. The van der Waals surface area contributed by atoms with Crippen LogP contribution in [0.5, 0.6) is 0 Å². The first kappa shape index (κ1) is 11.0. The SMILES string of the molecule is C#CC(C)(C)OC(=O)C(C)(C)N. The van der Waals surface area contributed by atoms with Crippen molar-refractivity contribution in [3.8, 4) is 12.3 Å². The Hall–Kier alpha value is -1.01. The molecule has 0 aliphatic heterocycles. The summed E-state index contributed by atoms with van der Waals surface area (Å²) in [6.07, 6.45) is 5.13. The highest BCUT2D eigenvalue weighted by Gasteiger charge is 2.29. The largest absolute Gasteiger partial charge is 0.445 e. The fourth-order valence-electron chi connectivity index (χ4n) is 0.393. The second kappa shape index (κ2) is 3.16. The van der Waals surface area contributed by atoms with Crippen LogP contribution in [0.4, 0.5) is 0 Å². The van der Waals surface area contributed by atoms with E-state index in [0.717, 1.165) is 0 Å². The highest BCUT2D eigenvalue weighted by molar-refractivity contribution is 5.80. The Morgan fingerprint density at radius 2 is 1.83 bits per heavy atom. The van der Waals surface area contributed by atoms with Crippen molar-refractivity contribution in [1.29, 1.82) is 0 Å². The average Bonchev–Trinajstić information content (AvgIpc) is 1.85. The molecule has 0 heterocycles. The van der Waals surface area contributed by atoms with Gasteiger partial charge in [-0.25, -0.2) is 0 Å². The molecule has 0 aromatic carbocycles. The summed E-state index contributed by atoms with van der Waals surface area (Å²) in [6.45, 7) is 6.41. The van der Waals surface area contributed by atoms with Crippen LogP contribution in [-0.4, -0.2) is 17.1 Å². The summed E-state index contributed by atoms with van der Waals surface area (Å²) in [6, 6.07) is 0. The monoisotopic (exact) mass is 169 g/mol. The second-order valence-corrected chi connectivity index (χ2v) is 3.77. The van der Waals surface area contributed by atoms with E-state index >= 15 is 0 Å². The number of ether oxygens (including phenoxy) is 1. The van der Waals surface area contributed by atoms with Gasteiger partial charge in [-0.2, -0.15) is 0 Å². The van der Waals surface area contributed by atoms with Crippen molar-refractivity contribution in [3.63, 3.8) is 0 Å². The van der Waals surface area contributed by atoms with Crippen LogP contribution in [0.15, 0.2) is 0 Å². The molecule has 0 atom stereocenters. The molecule has 0 fully saturated rings. The molecule has 0 spiro atoms.